The van der Waals surface area contributed by atoms with Crippen LogP contribution in [0.1, 0.15) is 41.6 Å². The van der Waals surface area contributed by atoms with Gasteiger partial charge in [-0.25, -0.2) is 9.48 Å². The minimum Gasteiger partial charge on any atom is -0.445 e. The Morgan fingerprint density at radius 1 is 1.09 bits per heavy atom. The highest BCUT2D eigenvalue weighted by atomic mass is 32.2. The molecule has 1 saturated heterocycles. The second kappa shape index (κ2) is 14.4. The number of hydrogen-bond acceptors (Lipinski definition) is 9. The van der Waals surface area contributed by atoms with E-state index in [9.17, 15) is 9.90 Å². The van der Waals surface area contributed by atoms with Crippen molar-refractivity contribution in [1.82, 2.24) is 25.5 Å². The van der Waals surface area contributed by atoms with Gasteiger partial charge < -0.3 is 24.6 Å². The first-order chi connectivity index (χ1) is 21.0. The van der Waals surface area contributed by atoms with Gasteiger partial charge in [0.1, 0.15) is 6.61 Å². The number of rotatable bonds is 11. The highest BCUT2D eigenvalue weighted by molar-refractivity contribution is 7.99. The van der Waals surface area contributed by atoms with Crippen molar-refractivity contribution in [2.75, 3.05) is 12.4 Å². The number of amides is 1. The molecule has 1 amide bonds. The van der Waals surface area contributed by atoms with Crippen LogP contribution in [-0.4, -0.2) is 49.9 Å². The van der Waals surface area contributed by atoms with Crippen molar-refractivity contribution in [3.8, 4) is 11.1 Å². The molecule has 0 aliphatic carbocycles. The van der Waals surface area contributed by atoms with Crippen LogP contribution in [0.5, 0.6) is 0 Å². The monoisotopic (exact) mass is 601 g/mol. The number of aliphatic hydroxyl groups excluding tert-OH is 1. The summed E-state index contributed by atoms with van der Waals surface area (Å²) < 4.78 is 19.8. The van der Waals surface area contributed by atoms with E-state index in [1.54, 1.807) is 16.4 Å². The number of nitrogens with zero attached hydrogens (tertiary/aromatic N) is 4. The van der Waals surface area contributed by atoms with Crippen molar-refractivity contribution >= 4 is 17.9 Å². The SMILES string of the molecule is C=CCOC(=O)NCc1ccccc1-c1ccc([C@@H]2O[C@H](CSc3nnnn3C)[C@H](C)[C@H](c3ccc(CO)cc3)O2)cc1. The molecule has 1 aromatic heterocycles. The van der Waals surface area contributed by atoms with Gasteiger partial charge in [-0.05, 0) is 38.2 Å². The molecule has 10 nitrogen and oxygen atoms in total. The molecule has 43 heavy (non-hydrogen) atoms. The summed E-state index contributed by atoms with van der Waals surface area (Å²) in [5, 5.41) is 24.8. The molecule has 5 rings (SSSR count). The van der Waals surface area contributed by atoms with Gasteiger partial charge in [-0.1, -0.05) is 104 Å². The molecule has 224 valence electrons. The number of aromatic nitrogens is 4. The summed E-state index contributed by atoms with van der Waals surface area (Å²) in [6.45, 7) is 6.17. The van der Waals surface area contributed by atoms with Crippen molar-refractivity contribution < 1.29 is 24.1 Å². The predicted octanol–water partition coefficient (Wildman–Crippen LogP) is 5.37. The summed E-state index contributed by atoms with van der Waals surface area (Å²) in [7, 11) is 1.81. The Balaban J connectivity index is 1.35. The van der Waals surface area contributed by atoms with Crippen LogP contribution < -0.4 is 5.32 Å². The van der Waals surface area contributed by atoms with E-state index in [0.717, 1.165) is 33.4 Å². The van der Waals surface area contributed by atoms with Gasteiger partial charge in [0.2, 0.25) is 5.16 Å². The van der Waals surface area contributed by atoms with Crippen LogP contribution in [0.15, 0.2) is 90.6 Å². The van der Waals surface area contributed by atoms with Crippen LogP contribution in [0.25, 0.3) is 11.1 Å². The molecule has 0 spiro atoms. The minimum absolute atomic E-state index is 0.0109. The molecule has 11 heteroatoms. The molecule has 2 heterocycles. The van der Waals surface area contributed by atoms with E-state index in [0.29, 0.717) is 17.5 Å². The first-order valence-corrected chi connectivity index (χ1v) is 15.0. The first-order valence-electron chi connectivity index (χ1n) is 14.0. The first kappa shape index (κ1) is 30.4. The lowest BCUT2D eigenvalue weighted by Gasteiger charge is -2.41. The highest BCUT2D eigenvalue weighted by Gasteiger charge is 2.38. The number of hydrogen-bond donors (Lipinski definition) is 2. The van der Waals surface area contributed by atoms with Crippen molar-refractivity contribution in [3.63, 3.8) is 0 Å². The molecule has 1 aliphatic heterocycles. The normalized spacial score (nSPS) is 20.0. The maximum absolute atomic E-state index is 12.0. The minimum atomic E-state index is -0.590. The Hall–Kier alpha value is -4.03. The number of benzene rings is 3. The number of alkyl carbamates (subject to hydrolysis) is 1. The van der Waals surface area contributed by atoms with Crippen LogP contribution in [0, 0.1) is 5.92 Å². The van der Waals surface area contributed by atoms with Gasteiger partial charge in [0.25, 0.3) is 0 Å². The quantitative estimate of drug-likeness (QED) is 0.173. The van der Waals surface area contributed by atoms with E-state index in [-0.39, 0.29) is 31.3 Å². The molecule has 0 radical (unpaired) electrons. The van der Waals surface area contributed by atoms with Gasteiger partial charge in [-0.15, -0.1) is 5.10 Å². The van der Waals surface area contributed by atoms with Gasteiger partial charge in [0.15, 0.2) is 6.29 Å². The number of aryl methyl sites for hydroxylation is 1. The van der Waals surface area contributed by atoms with E-state index >= 15 is 0 Å². The Bertz CT molecular complexity index is 1510. The zero-order valence-corrected chi connectivity index (χ0v) is 24.9. The van der Waals surface area contributed by atoms with Crippen LogP contribution >= 0.6 is 11.8 Å². The topological polar surface area (TPSA) is 121 Å². The molecule has 3 aromatic carbocycles. The third-order valence-corrected chi connectivity index (χ3v) is 8.45. The summed E-state index contributed by atoms with van der Waals surface area (Å²) in [5.74, 6) is 0.690. The molecule has 4 aromatic rings. The second-order valence-corrected chi connectivity index (χ2v) is 11.2. The summed E-state index contributed by atoms with van der Waals surface area (Å²) in [6, 6.07) is 23.9. The van der Waals surface area contributed by atoms with Crippen LogP contribution in [-0.2, 0) is 34.4 Å². The van der Waals surface area contributed by atoms with E-state index < -0.39 is 12.4 Å². The van der Waals surface area contributed by atoms with E-state index in [4.69, 9.17) is 14.2 Å². The fourth-order valence-corrected chi connectivity index (χ4v) is 5.95. The number of tetrazole rings is 1. The van der Waals surface area contributed by atoms with E-state index in [2.05, 4.69) is 34.3 Å². The molecule has 0 saturated carbocycles. The lowest BCUT2D eigenvalue weighted by molar-refractivity contribution is -0.268. The standard InChI is InChI=1S/C32H35N5O5S/c1-4-17-40-32(39)33-18-26-7-5-6-8-27(26)23-13-15-25(16-14-23)30-41-28(20-43-31-34-35-36-37(31)3)21(2)29(42-30)24-11-9-22(19-38)10-12-24/h4-16,21,28-30,38H,1,17-20H2,2-3H3,(H,33,39)/t21-,28+,29+,30+/m0/s1. The fourth-order valence-electron chi connectivity index (χ4n) is 4.94. The number of thioether (sulfide) groups is 1. The molecule has 1 aliphatic rings. The maximum atomic E-state index is 12.0. The summed E-state index contributed by atoms with van der Waals surface area (Å²) in [6.07, 6.45) is 0.0839. The van der Waals surface area contributed by atoms with Crippen LogP contribution in [0.4, 0.5) is 4.79 Å². The van der Waals surface area contributed by atoms with Crippen molar-refractivity contribution in [3.05, 3.63) is 108 Å². The Morgan fingerprint density at radius 3 is 2.53 bits per heavy atom. The van der Waals surface area contributed by atoms with Crippen molar-refractivity contribution in [2.24, 2.45) is 13.0 Å². The average molecular weight is 602 g/mol. The summed E-state index contributed by atoms with van der Waals surface area (Å²) in [5.41, 5.74) is 5.74. The van der Waals surface area contributed by atoms with Gasteiger partial charge in [-0.3, -0.25) is 0 Å². The average Bonchev–Trinajstić information content (AvgIpc) is 3.46. The van der Waals surface area contributed by atoms with Gasteiger partial charge >= 0.3 is 6.09 Å². The van der Waals surface area contributed by atoms with Gasteiger partial charge in [0, 0.05) is 30.8 Å². The second-order valence-electron chi connectivity index (χ2n) is 10.2. The molecule has 1 fully saturated rings. The Labute approximate surface area is 255 Å². The summed E-state index contributed by atoms with van der Waals surface area (Å²) >= 11 is 1.55. The van der Waals surface area contributed by atoms with Crippen LogP contribution in [0.3, 0.4) is 0 Å². The van der Waals surface area contributed by atoms with Crippen molar-refractivity contribution in [1.29, 1.82) is 0 Å². The Morgan fingerprint density at radius 2 is 1.84 bits per heavy atom. The molecule has 0 unspecified atom stereocenters. The highest BCUT2D eigenvalue weighted by Crippen LogP contribution is 2.43. The molecule has 0 bridgehead atoms. The van der Waals surface area contributed by atoms with E-state index in [1.165, 1.54) is 6.08 Å². The number of carbonyl (C=O) groups is 1. The number of ether oxygens (including phenoxy) is 3. The lowest BCUT2D eigenvalue weighted by atomic mass is 9.91. The lowest BCUT2D eigenvalue weighted by Crippen LogP contribution is -2.38. The Kier molecular flexibility index (Phi) is 10.2. The predicted molar refractivity (Wildman–Crippen MR) is 163 cm³/mol. The van der Waals surface area contributed by atoms with Gasteiger partial charge in [0.05, 0.1) is 18.8 Å². The third kappa shape index (κ3) is 7.49. The zero-order valence-electron chi connectivity index (χ0n) is 24.1. The maximum Gasteiger partial charge on any atom is 0.407 e. The zero-order chi connectivity index (χ0) is 30.2. The molecule has 2 N–H and O–H groups in total. The smallest absolute Gasteiger partial charge is 0.407 e. The largest absolute Gasteiger partial charge is 0.445 e. The van der Waals surface area contributed by atoms with Crippen LogP contribution in [0.2, 0.25) is 0 Å². The number of nitrogens with one attached hydrogen (secondary N) is 1. The van der Waals surface area contributed by atoms with E-state index in [1.807, 2.05) is 79.8 Å². The van der Waals surface area contributed by atoms with Crippen molar-refractivity contribution in [2.45, 2.75) is 43.7 Å². The molecule has 4 atom stereocenters. The number of carbonyl (C=O) groups excluding carboxylic acids is 1. The summed E-state index contributed by atoms with van der Waals surface area (Å²) in [4.78, 5) is 12.0. The van der Waals surface area contributed by atoms with Gasteiger partial charge in [-0.2, -0.15) is 0 Å². The number of aliphatic hydroxyl groups is 1. The molecular formula is C32H35N5O5S. The molecular weight excluding hydrogens is 566 g/mol. The fraction of sp³-hybridized carbons (Fsp3) is 0.312. The third-order valence-electron chi connectivity index (χ3n) is 7.35.